The summed E-state index contributed by atoms with van der Waals surface area (Å²) in [6, 6.07) is 3.56. The Morgan fingerprint density at radius 1 is 1.33 bits per heavy atom. The molecule has 0 bridgehead atoms. The first-order valence-electron chi connectivity index (χ1n) is 5.51. The van der Waals surface area contributed by atoms with Gasteiger partial charge in [0, 0.05) is 6.20 Å². The first-order valence-corrected chi connectivity index (χ1v) is 6.30. The van der Waals surface area contributed by atoms with Crippen molar-refractivity contribution in [2.24, 2.45) is 0 Å². The summed E-state index contributed by atoms with van der Waals surface area (Å²) in [7, 11) is 0. The Kier molecular flexibility index (Phi) is 3.30. The summed E-state index contributed by atoms with van der Waals surface area (Å²) < 4.78 is 8.25. The van der Waals surface area contributed by atoms with Crippen LogP contribution in [0.2, 0.25) is 0 Å². The molecule has 6 heteroatoms. The zero-order valence-electron chi connectivity index (χ0n) is 10.5. The van der Waals surface area contributed by atoms with Crippen molar-refractivity contribution in [3.05, 3.63) is 29.0 Å². The van der Waals surface area contributed by atoms with Gasteiger partial charge in [-0.05, 0) is 48.8 Å². The second-order valence-electron chi connectivity index (χ2n) is 4.88. The molecule has 2 heterocycles. The standard InChI is InChI=1S/C12H15BrN4O/c1-12(2,3)18-11-9(14)4-5-10(16-11)17-7-8(13)6-15-17/h4-7H,14H2,1-3H3. The molecule has 0 radical (unpaired) electrons. The van der Waals surface area contributed by atoms with E-state index in [-0.39, 0.29) is 5.60 Å². The average Bonchev–Trinajstić information content (AvgIpc) is 2.66. The summed E-state index contributed by atoms with van der Waals surface area (Å²) in [5, 5.41) is 4.16. The van der Waals surface area contributed by atoms with E-state index in [1.807, 2.05) is 27.0 Å². The number of pyridine rings is 1. The summed E-state index contributed by atoms with van der Waals surface area (Å²) in [5.41, 5.74) is 6.02. The molecule has 0 aromatic carbocycles. The van der Waals surface area contributed by atoms with Gasteiger partial charge in [0.15, 0.2) is 5.82 Å². The third-order valence-electron chi connectivity index (χ3n) is 2.06. The van der Waals surface area contributed by atoms with Crippen LogP contribution in [0.1, 0.15) is 20.8 Å². The van der Waals surface area contributed by atoms with Gasteiger partial charge in [0.25, 0.3) is 0 Å². The van der Waals surface area contributed by atoms with Crippen molar-refractivity contribution in [2.75, 3.05) is 5.73 Å². The average molecular weight is 311 g/mol. The third kappa shape index (κ3) is 3.01. The van der Waals surface area contributed by atoms with Gasteiger partial charge >= 0.3 is 0 Å². The lowest BCUT2D eigenvalue weighted by molar-refractivity contribution is 0.125. The lowest BCUT2D eigenvalue weighted by Crippen LogP contribution is -2.24. The minimum Gasteiger partial charge on any atom is -0.470 e. The van der Waals surface area contributed by atoms with E-state index in [4.69, 9.17) is 10.5 Å². The minimum absolute atomic E-state index is 0.343. The van der Waals surface area contributed by atoms with Gasteiger partial charge in [-0.25, -0.2) is 4.68 Å². The minimum atomic E-state index is -0.343. The fraction of sp³-hybridized carbons (Fsp3) is 0.333. The van der Waals surface area contributed by atoms with Crippen LogP contribution in [0.3, 0.4) is 0 Å². The number of halogens is 1. The van der Waals surface area contributed by atoms with E-state index in [9.17, 15) is 0 Å². The first kappa shape index (κ1) is 12.9. The number of nitrogens with two attached hydrogens (primary N) is 1. The molecule has 0 unspecified atom stereocenters. The molecule has 5 nitrogen and oxygen atoms in total. The molecule has 0 aliphatic heterocycles. The van der Waals surface area contributed by atoms with Crippen LogP contribution in [-0.2, 0) is 0 Å². The Balaban J connectivity index is 2.37. The number of rotatable bonds is 2. The third-order valence-corrected chi connectivity index (χ3v) is 2.47. The van der Waals surface area contributed by atoms with E-state index >= 15 is 0 Å². The van der Waals surface area contributed by atoms with E-state index in [0.29, 0.717) is 17.4 Å². The van der Waals surface area contributed by atoms with Crippen LogP contribution in [-0.4, -0.2) is 20.4 Å². The van der Waals surface area contributed by atoms with Gasteiger partial charge in [-0.1, -0.05) is 0 Å². The summed E-state index contributed by atoms with van der Waals surface area (Å²) >= 11 is 3.34. The highest BCUT2D eigenvalue weighted by molar-refractivity contribution is 9.10. The summed E-state index contributed by atoms with van der Waals surface area (Å²) in [5.74, 6) is 1.08. The molecular weight excluding hydrogens is 296 g/mol. The van der Waals surface area contributed by atoms with Gasteiger partial charge in [0.2, 0.25) is 5.88 Å². The Morgan fingerprint density at radius 3 is 2.61 bits per heavy atom. The molecule has 0 atom stereocenters. The molecule has 0 aliphatic carbocycles. The van der Waals surface area contributed by atoms with E-state index in [2.05, 4.69) is 26.0 Å². The highest BCUT2D eigenvalue weighted by Gasteiger charge is 2.16. The van der Waals surface area contributed by atoms with Crippen molar-refractivity contribution in [3.8, 4) is 11.7 Å². The van der Waals surface area contributed by atoms with Crippen LogP contribution >= 0.6 is 15.9 Å². The fourth-order valence-corrected chi connectivity index (χ4v) is 1.65. The zero-order chi connectivity index (χ0) is 13.3. The second kappa shape index (κ2) is 4.61. The maximum atomic E-state index is 5.85. The van der Waals surface area contributed by atoms with E-state index in [0.717, 1.165) is 4.47 Å². The van der Waals surface area contributed by atoms with Crippen molar-refractivity contribution in [3.63, 3.8) is 0 Å². The first-order chi connectivity index (χ1) is 8.35. The second-order valence-corrected chi connectivity index (χ2v) is 5.80. The summed E-state index contributed by atoms with van der Waals surface area (Å²) in [6.45, 7) is 5.85. The summed E-state index contributed by atoms with van der Waals surface area (Å²) in [4.78, 5) is 4.37. The topological polar surface area (TPSA) is 66.0 Å². The molecule has 0 saturated heterocycles. The molecule has 0 spiro atoms. The molecule has 0 fully saturated rings. The quantitative estimate of drug-likeness (QED) is 0.926. The van der Waals surface area contributed by atoms with E-state index in [1.54, 1.807) is 23.0 Å². The summed E-state index contributed by atoms with van der Waals surface area (Å²) in [6.07, 6.45) is 3.52. The van der Waals surface area contributed by atoms with E-state index in [1.165, 1.54) is 0 Å². The Bertz CT molecular complexity index is 559. The monoisotopic (exact) mass is 310 g/mol. The molecule has 2 aromatic heterocycles. The number of hydrogen-bond donors (Lipinski definition) is 1. The maximum Gasteiger partial charge on any atom is 0.239 e. The number of ether oxygens (including phenoxy) is 1. The van der Waals surface area contributed by atoms with Crippen LogP contribution in [0.25, 0.3) is 5.82 Å². The zero-order valence-corrected chi connectivity index (χ0v) is 12.1. The van der Waals surface area contributed by atoms with Crippen molar-refractivity contribution in [1.82, 2.24) is 14.8 Å². The smallest absolute Gasteiger partial charge is 0.239 e. The number of hydrogen-bond acceptors (Lipinski definition) is 4. The fourth-order valence-electron chi connectivity index (χ4n) is 1.37. The van der Waals surface area contributed by atoms with Gasteiger partial charge in [-0.3, -0.25) is 0 Å². The molecule has 2 aromatic rings. The van der Waals surface area contributed by atoms with Crippen molar-refractivity contribution in [2.45, 2.75) is 26.4 Å². The lowest BCUT2D eigenvalue weighted by Gasteiger charge is -2.21. The molecule has 2 rings (SSSR count). The number of nitrogen functional groups attached to an aromatic ring is 1. The Hall–Kier alpha value is -1.56. The predicted molar refractivity (Wildman–Crippen MR) is 73.9 cm³/mol. The number of anilines is 1. The molecule has 0 saturated carbocycles. The Labute approximate surface area is 114 Å². The van der Waals surface area contributed by atoms with Gasteiger partial charge in [0.05, 0.1) is 16.4 Å². The van der Waals surface area contributed by atoms with Gasteiger partial charge < -0.3 is 10.5 Å². The highest BCUT2D eigenvalue weighted by Crippen LogP contribution is 2.24. The molecule has 2 N–H and O–H groups in total. The Morgan fingerprint density at radius 2 is 2.06 bits per heavy atom. The van der Waals surface area contributed by atoms with Crippen molar-refractivity contribution >= 4 is 21.6 Å². The largest absolute Gasteiger partial charge is 0.470 e. The van der Waals surface area contributed by atoms with Gasteiger partial charge in [0.1, 0.15) is 5.60 Å². The maximum absolute atomic E-state index is 5.85. The van der Waals surface area contributed by atoms with Crippen LogP contribution in [0.5, 0.6) is 5.88 Å². The van der Waals surface area contributed by atoms with Crippen LogP contribution < -0.4 is 10.5 Å². The molecule has 96 valence electrons. The normalized spacial score (nSPS) is 11.6. The molecule has 0 amide bonds. The number of nitrogens with zero attached hydrogens (tertiary/aromatic N) is 3. The molecular formula is C12H15BrN4O. The molecule has 0 aliphatic rings. The van der Waals surface area contributed by atoms with Crippen molar-refractivity contribution in [1.29, 1.82) is 0 Å². The van der Waals surface area contributed by atoms with Crippen molar-refractivity contribution < 1.29 is 4.74 Å². The van der Waals surface area contributed by atoms with Crippen LogP contribution in [0.15, 0.2) is 29.0 Å². The predicted octanol–water partition coefficient (Wildman–Crippen LogP) is 2.79. The SMILES string of the molecule is CC(C)(C)Oc1nc(-n2cc(Br)cn2)ccc1N. The van der Waals surface area contributed by atoms with Gasteiger partial charge in [-0.15, -0.1) is 0 Å². The molecule has 18 heavy (non-hydrogen) atoms. The van der Waals surface area contributed by atoms with Crippen LogP contribution in [0.4, 0.5) is 5.69 Å². The lowest BCUT2D eigenvalue weighted by atomic mass is 10.2. The van der Waals surface area contributed by atoms with E-state index < -0.39 is 0 Å². The highest BCUT2D eigenvalue weighted by atomic mass is 79.9. The van der Waals surface area contributed by atoms with Gasteiger partial charge in [-0.2, -0.15) is 10.1 Å². The van der Waals surface area contributed by atoms with Crippen LogP contribution in [0, 0.1) is 0 Å². The number of aromatic nitrogens is 3.